The summed E-state index contributed by atoms with van der Waals surface area (Å²) in [6.07, 6.45) is 3.52. The highest BCUT2D eigenvalue weighted by Crippen LogP contribution is 2.25. The maximum atomic E-state index is 12.1. The van der Waals surface area contributed by atoms with E-state index in [2.05, 4.69) is 0 Å². The van der Waals surface area contributed by atoms with Gasteiger partial charge in [0.1, 0.15) is 5.60 Å². The summed E-state index contributed by atoms with van der Waals surface area (Å²) in [6.45, 7) is 7.84. The number of carboxylic acids is 1. The van der Waals surface area contributed by atoms with Gasteiger partial charge in [0.15, 0.2) is 0 Å². The van der Waals surface area contributed by atoms with Crippen LogP contribution in [0.25, 0.3) is 0 Å². The van der Waals surface area contributed by atoms with E-state index in [9.17, 15) is 9.59 Å². The molecule has 5 nitrogen and oxygen atoms in total. The van der Waals surface area contributed by atoms with Gasteiger partial charge in [-0.25, -0.2) is 9.59 Å². The van der Waals surface area contributed by atoms with Crippen LogP contribution in [0, 0.1) is 0 Å². The lowest BCUT2D eigenvalue weighted by atomic mass is 9.96. The highest BCUT2D eigenvalue weighted by molar-refractivity contribution is 5.81. The summed E-state index contributed by atoms with van der Waals surface area (Å²) >= 11 is 0. The molecule has 1 heterocycles. The van der Waals surface area contributed by atoms with Crippen LogP contribution < -0.4 is 0 Å². The molecular formula is C14H23NO4. The van der Waals surface area contributed by atoms with Crippen LogP contribution in [0.1, 0.15) is 47.0 Å². The zero-order valence-electron chi connectivity index (χ0n) is 12.1. The number of carboxylic acid groups (broad SMARTS) is 1. The van der Waals surface area contributed by atoms with Gasteiger partial charge < -0.3 is 14.7 Å². The van der Waals surface area contributed by atoms with E-state index < -0.39 is 11.6 Å². The molecule has 0 aromatic heterocycles. The molecule has 0 spiro atoms. The van der Waals surface area contributed by atoms with Gasteiger partial charge in [-0.1, -0.05) is 0 Å². The number of piperidine rings is 1. The molecule has 1 amide bonds. The first-order chi connectivity index (χ1) is 8.70. The molecule has 0 radical (unpaired) electrons. The highest BCUT2D eigenvalue weighted by Gasteiger charge is 2.31. The predicted molar refractivity (Wildman–Crippen MR) is 72.0 cm³/mol. The van der Waals surface area contributed by atoms with Gasteiger partial charge in [0.05, 0.1) is 6.04 Å². The zero-order chi connectivity index (χ0) is 14.6. The molecule has 19 heavy (non-hydrogen) atoms. The lowest BCUT2D eigenvalue weighted by molar-refractivity contribution is -0.131. The number of amides is 1. The fraction of sp³-hybridized carbons (Fsp3) is 0.714. The molecule has 108 valence electrons. The number of ether oxygens (including phenoxy) is 1. The number of hydrogen-bond donors (Lipinski definition) is 1. The van der Waals surface area contributed by atoms with E-state index in [1.54, 1.807) is 11.8 Å². The van der Waals surface area contributed by atoms with Crippen LogP contribution in [0.2, 0.25) is 0 Å². The summed E-state index contributed by atoms with van der Waals surface area (Å²) in [6, 6.07) is -0.167. The van der Waals surface area contributed by atoms with Crippen molar-refractivity contribution < 1.29 is 19.4 Å². The number of carbonyl (C=O) groups is 2. The van der Waals surface area contributed by atoms with Crippen LogP contribution in [0.4, 0.5) is 4.79 Å². The minimum absolute atomic E-state index is 0.167. The fourth-order valence-electron chi connectivity index (χ4n) is 2.24. The van der Waals surface area contributed by atoms with Crippen molar-refractivity contribution in [2.75, 3.05) is 6.54 Å². The van der Waals surface area contributed by atoms with Crippen LogP contribution in [0.15, 0.2) is 11.6 Å². The van der Waals surface area contributed by atoms with E-state index in [4.69, 9.17) is 9.84 Å². The number of carbonyl (C=O) groups excluding carboxylic acids is 1. The average molecular weight is 269 g/mol. The second kappa shape index (κ2) is 6.08. The summed E-state index contributed by atoms with van der Waals surface area (Å²) in [5.74, 6) is -0.979. The van der Waals surface area contributed by atoms with Crippen molar-refractivity contribution in [1.29, 1.82) is 0 Å². The van der Waals surface area contributed by atoms with E-state index in [0.29, 0.717) is 12.1 Å². The van der Waals surface area contributed by atoms with Gasteiger partial charge in [-0.3, -0.25) is 0 Å². The Morgan fingerprint density at radius 2 is 1.95 bits per heavy atom. The minimum atomic E-state index is -0.979. The lowest BCUT2D eigenvalue weighted by Crippen LogP contribution is -2.46. The predicted octanol–water partition coefficient (Wildman–Crippen LogP) is 2.81. The minimum Gasteiger partial charge on any atom is -0.478 e. The molecular weight excluding hydrogens is 246 g/mol. The summed E-state index contributed by atoms with van der Waals surface area (Å²) in [5.41, 5.74) is 0.154. The number of rotatable bonds is 2. The average Bonchev–Trinajstić information content (AvgIpc) is 2.25. The summed E-state index contributed by atoms with van der Waals surface area (Å²) in [7, 11) is 0. The fourth-order valence-corrected chi connectivity index (χ4v) is 2.24. The maximum Gasteiger partial charge on any atom is 0.410 e. The van der Waals surface area contributed by atoms with Crippen molar-refractivity contribution in [2.24, 2.45) is 0 Å². The third kappa shape index (κ3) is 4.93. The highest BCUT2D eigenvalue weighted by atomic mass is 16.6. The van der Waals surface area contributed by atoms with Crippen molar-refractivity contribution in [1.82, 2.24) is 4.90 Å². The summed E-state index contributed by atoms with van der Waals surface area (Å²) in [5, 5.41) is 8.81. The molecule has 0 aromatic rings. The van der Waals surface area contributed by atoms with E-state index in [1.807, 2.05) is 20.8 Å². The number of aliphatic carboxylic acids is 1. The summed E-state index contributed by atoms with van der Waals surface area (Å²) in [4.78, 5) is 24.5. The molecule has 1 aliphatic rings. The third-order valence-electron chi connectivity index (χ3n) is 3.01. The molecule has 1 rings (SSSR count). The molecule has 0 aromatic carbocycles. The Labute approximate surface area is 114 Å². The summed E-state index contributed by atoms with van der Waals surface area (Å²) < 4.78 is 5.37. The zero-order valence-corrected chi connectivity index (χ0v) is 12.1. The number of likely N-dealkylation sites (tertiary alicyclic amines) is 1. The Morgan fingerprint density at radius 1 is 1.32 bits per heavy atom. The lowest BCUT2D eigenvalue weighted by Gasteiger charge is -2.37. The van der Waals surface area contributed by atoms with Crippen LogP contribution in [0.3, 0.4) is 0 Å². The van der Waals surface area contributed by atoms with Gasteiger partial charge in [0.2, 0.25) is 0 Å². The first kappa shape index (κ1) is 15.5. The molecule has 1 N–H and O–H groups in total. The van der Waals surface area contributed by atoms with E-state index in [-0.39, 0.29) is 12.1 Å². The van der Waals surface area contributed by atoms with Crippen molar-refractivity contribution in [3.8, 4) is 0 Å². The van der Waals surface area contributed by atoms with Gasteiger partial charge in [-0.15, -0.1) is 0 Å². The second-order valence-corrected chi connectivity index (χ2v) is 5.91. The Balaban J connectivity index is 2.83. The third-order valence-corrected chi connectivity index (χ3v) is 3.01. The number of hydrogen-bond acceptors (Lipinski definition) is 3. The van der Waals surface area contributed by atoms with Crippen LogP contribution in [-0.2, 0) is 9.53 Å². The van der Waals surface area contributed by atoms with Crippen molar-refractivity contribution >= 4 is 12.1 Å². The van der Waals surface area contributed by atoms with Crippen LogP contribution in [0.5, 0.6) is 0 Å². The molecule has 1 aliphatic heterocycles. The quantitative estimate of drug-likeness (QED) is 0.783. The molecule has 1 saturated heterocycles. The van der Waals surface area contributed by atoms with Gasteiger partial charge in [0.25, 0.3) is 0 Å². The van der Waals surface area contributed by atoms with Crippen LogP contribution in [-0.4, -0.2) is 40.3 Å². The Kier molecular flexibility index (Phi) is 4.97. The monoisotopic (exact) mass is 269 g/mol. The first-order valence-corrected chi connectivity index (χ1v) is 6.61. The van der Waals surface area contributed by atoms with Crippen molar-refractivity contribution in [3.63, 3.8) is 0 Å². The standard InChI is InChI=1S/C14H23NO4/c1-10(9-12(16)17)11-7-5-6-8-15(11)13(18)19-14(2,3)4/h9,11H,5-8H2,1-4H3,(H,16,17)/b10-9+. The molecule has 0 bridgehead atoms. The normalized spacial score (nSPS) is 21.2. The number of nitrogens with zero attached hydrogens (tertiary/aromatic N) is 1. The maximum absolute atomic E-state index is 12.1. The van der Waals surface area contributed by atoms with Gasteiger partial charge in [0, 0.05) is 12.6 Å². The Hall–Kier alpha value is -1.52. The van der Waals surface area contributed by atoms with E-state index in [0.717, 1.165) is 19.3 Å². The molecule has 1 atom stereocenters. The Morgan fingerprint density at radius 3 is 2.47 bits per heavy atom. The molecule has 1 unspecified atom stereocenters. The molecule has 0 aliphatic carbocycles. The van der Waals surface area contributed by atoms with Gasteiger partial charge >= 0.3 is 12.1 Å². The van der Waals surface area contributed by atoms with Crippen molar-refractivity contribution in [2.45, 2.75) is 58.6 Å². The van der Waals surface area contributed by atoms with E-state index in [1.165, 1.54) is 6.08 Å². The topological polar surface area (TPSA) is 66.8 Å². The first-order valence-electron chi connectivity index (χ1n) is 6.61. The second-order valence-electron chi connectivity index (χ2n) is 5.91. The Bertz CT molecular complexity index is 381. The molecule has 0 saturated carbocycles. The van der Waals surface area contributed by atoms with E-state index >= 15 is 0 Å². The largest absolute Gasteiger partial charge is 0.478 e. The van der Waals surface area contributed by atoms with Crippen molar-refractivity contribution in [3.05, 3.63) is 11.6 Å². The smallest absolute Gasteiger partial charge is 0.410 e. The van der Waals surface area contributed by atoms with Crippen LogP contribution >= 0.6 is 0 Å². The molecule has 1 fully saturated rings. The van der Waals surface area contributed by atoms with Gasteiger partial charge in [-0.2, -0.15) is 0 Å². The molecule has 5 heteroatoms. The SMILES string of the molecule is C/C(=C\C(=O)O)C1CCCCN1C(=O)OC(C)(C)C. The van der Waals surface area contributed by atoms with Gasteiger partial charge in [-0.05, 0) is 52.5 Å².